The molecule has 1 amide bonds. The van der Waals surface area contributed by atoms with Crippen LogP contribution in [0.5, 0.6) is 5.75 Å². The van der Waals surface area contributed by atoms with E-state index in [0.29, 0.717) is 47.8 Å². The van der Waals surface area contributed by atoms with Gasteiger partial charge in [-0.15, -0.1) is 0 Å². The fourth-order valence-electron chi connectivity index (χ4n) is 4.01. The lowest BCUT2D eigenvalue weighted by atomic mass is 10.2. The van der Waals surface area contributed by atoms with Crippen molar-refractivity contribution in [2.24, 2.45) is 4.99 Å². The van der Waals surface area contributed by atoms with E-state index in [1.165, 1.54) is 28.8 Å². The number of amidine groups is 1. The number of hydrogen-bond acceptors (Lipinski definition) is 6. The van der Waals surface area contributed by atoms with E-state index >= 15 is 0 Å². The molecule has 0 aliphatic carbocycles. The zero-order valence-corrected chi connectivity index (χ0v) is 25.4. The molecular formula is C31H22Cl3N3O4S. The largest absolute Gasteiger partial charge is 0.487 e. The smallest absolute Gasteiger partial charge is 0.271 e. The molecule has 0 spiro atoms. The minimum Gasteiger partial charge on any atom is -0.487 e. The van der Waals surface area contributed by atoms with Crippen molar-refractivity contribution in [1.29, 1.82) is 0 Å². The third kappa shape index (κ3) is 6.63. The summed E-state index contributed by atoms with van der Waals surface area (Å²) in [5.74, 6) is 0.184. The third-order valence-electron chi connectivity index (χ3n) is 6.40. The van der Waals surface area contributed by atoms with Gasteiger partial charge in [-0.05, 0) is 102 Å². The molecule has 0 unspecified atom stereocenters. The number of carbonyl (C=O) groups excluding carboxylic acids is 1. The topological polar surface area (TPSA) is 85.0 Å². The molecule has 1 heterocycles. The second-order valence-electron chi connectivity index (χ2n) is 9.41. The summed E-state index contributed by atoms with van der Waals surface area (Å²) < 4.78 is 5.82. The molecule has 4 aromatic rings. The van der Waals surface area contributed by atoms with Gasteiger partial charge >= 0.3 is 0 Å². The number of nitro benzene ring substituents is 1. The summed E-state index contributed by atoms with van der Waals surface area (Å²) in [7, 11) is 0. The lowest BCUT2D eigenvalue weighted by molar-refractivity contribution is -0.384. The summed E-state index contributed by atoms with van der Waals surface area (Å²) >= 11 is 20.5. The first kappa shape index (κ1) is 29.7. The highest BCUT2D eigenvalue weighted by Gasteiger charge is 2.35. The molecule has 0 aromatic heterocycles. The number of hydrogen-bond donors (Lipinski definition) is 0. The van der Waals surface area contributed by atoms with Gasteiger partial charge in [0.25, 0.3) is 11.6 Å². The van der Waals surface area contributed by atoms with Crippen molar-refractivity contribution in [3.05, 3.63) is 131 Å². The molecule has 1 saturated heterocycles. The number of benzene rings is 4. The Morgan fingerprint density at radius 3 is 2.24 bits per heavy atom. The number of nitrogens with zero attached hydrogens (tertiary/aromatic N) is 3. The SMILES string of the molecule is Cc1ccc(N=C2S/C(=C/c3ccc(OCc4ccc([N+](=O)[O-])cc4)c(Cl)c3)C(=O)N2c2ccc(C)c(Cl)c2)cc1Cl. The van der Waals surface area contributed by atoms with Crippen LogP contribution in [0, 0.1) is 24.0 Å². The molecule has 0 N–H and O–H groups in total. The Kier molecular flexibility index (Phi) is 8.89. The van der Waals surface area contributed by atoms with E-state index in [9.17, 15) is 14.9 Å². The zero-order chi connectivity index (χ0) is 30.0. The fraction of sp³-hybridized carbons (Fsp3) is 0.0968. The van der Waals surface area contributed by atoms with Crippen LogP contribution < -0.4 is 9.64 Å². The quantitative estimate of drug-likeness (QED) is 0.114. The first-order valence-electron chi connectivity index (χ1n) is 12.6. The number of non-ortho nitro benzene ring substituents is 1. The number of anilines is 1. The molecule has 0 atom stereocenters. The second-order valence-corrected chi connectivity index (χ2v) is 11.6. The first-order chi connectivity index (χ1) is 20.1. The maximum absolute atomic E-state index is 13.7. The molecule has 42 heavy (non-hydrogen) atoms. The Morgan fingerprint density at radius 1 is 0.905 bits per heavy atom. The van der Waals surface area contributed by atoms with Crippen molar-refractivity contribution in [3.63, 3.8) is 0 Å². The molecule has 5 rings (SSSR count). The summed E-state index contributed by atoms with van der Waals surface area (Å²) in [6.45, 7) is 3.99. The predicted octanol–water partition coefficient (Wildman–Crippen LogP) is 9.56. The van der Waals surface area contributed by atoms with Gasteiger partial charge in [0.15, 0.2) is 5.17 Å². The summed E-state index contributed by atoms with van der Waals surface area (Å²) in [6.07, 6.45) is 1.74. The van der Waals surface area contributed by atoms with Crippen LogP contribution in [0.1, 0.15) is 22.3 Å². The highest BCUT2D eigenvalue weighted by molar-refractivity contribution is 8.19. The zero-order valence-electron chi connectivity index (χ0n) is 22.3. The van der Waals surface area contributed by atoms with E-state index in [2.05, 4.69) is 0 Å². The molecule has 1 aliphatic heterocycles. The number of aryl methyl sites for hydroxylation is 2. The number of thioether (sulfide) groups is 1. The van der Waals surface area contributed by atoms with Crippen LogP contribution in [0.2, 0.25) is 15.1 Å². The van der Waals surface area contributed by atoms with E-state index in [1.54, 1.807) is 48.5 Å². The lowest BCUT2D eigenvalue weighted by Crippen LogP contribution is -2.28. The highest BCUT2D eigenvalue weighted by Crippen LogP contribution is 2.39. The van der Waals surface area contributed by atoms with E-state index < -0.39 is 4.92 Å². The maximum atomic E-state index is 13.7. The molecule has 212 valence electrons. The van der Waals surface area contributed by atoms with Gasteiger partial charge < -0.3 is 4.74 Å². The standard InChI is InChI=1S/C31H22Cl3N3O4S/c1-18-3-8-22(15-25(18)32)35-31-36(24-9-4-19(2)26(33)16-24)30(38)29(42-31)14-21-7-12-28(27(34)13-21)41-17-20-5-10-23(11-6-20)37(39)40/h3-16H,17H2,1-2H3/b29-14+,35-31?. The monoisotopic (exact) mass is 637 g/mol. The number of aliphatic imine (C=N–C) groups is 1. The Balaban J connectivity index is 1.41. The van der Waals surface area contributed by atoms with Gasteiger partial charge in [-0.2, -0.15) is 0 Å². The van der Waals surface area contributed by atoms with Crippen molar-refractivity contribution < 1.29 is 14.5 Å². The molecule has 0 saturated carbocycles. The van der Waals surface area contributed by atoms with Crippen LogP contribution in [-0.4, -0.2) is 16.0 Å². The summed E-state index contributed by atoms with van der Waals surface area (Å²) in [5, 5.41) is 12.8. The summed E-state index contributed by atoms with van der Waals surface area (Å²) in [5.41, 5.74) is 4.49. The van der Waals surface area contributed by atoms with Crippen molar-refractivity contribution in [2.45, 2.75) is 20.5 Å². The molecule has 0 bridgehead atoms. The Morgan fingerprint density at radius 2 is 1.60 bits per heavy atom. The van der Waals surface area contributed by atoms with E-state index in [1.807, 2.05) is 38.1 Å². The number of nitro groups is 1. The minimum atomic E-state index is -0.454. The van der Waals surface area contributed by atoms with E-state index in [4.69, 9.17) is 44.5 Å². The number of halogens is 3. The van der Waals surface area contributed by atoms with Crippen LogP contribution in [0.15, 0.2) is 88.8 Å². The molecular weight excluding hydrogens is 617 g/mol. The molecule has 11 heteroatoms. The van der Waals surface area contributed by atoms with Gasteiger partial charge in [0.05, 0.1) is 26.2 Å². The molecule has 1 aliphatic rings. The Labute approximate surface area is 261 Å². The number of amides is 1. The van der Waals surface area contributed by atoms with Crippen LogP contribution in [-0.2, 0) is 11.4 Å². The number of ether oxygens (including phenoxy) is 1. The van der Waals surface area contributed by atoms with Crippen molar-refractivity contribution >= 4 is 80.8 Å². The number of carbonyl (C=O) groups is 1. The van der Waals surface area contributed by atoms with E-state index in [-0.39, 0.29) is 18.2 Å². The van der Waals surface area contributed by atoms with Gasteiger partial charge in [0.1, 0.15) is 12.4 Å². The second kappa shape index (κ2) is 12.6. The van der Waals surface area contributed by atoms with Crippen LogP contribution in [0.4, 0.5) is 17.1 Å². The van der Waals surface area contributed by atoms with Crippen LogP contribution in [0.3, 0.4) is 0 Å². The van der Waals surface area contributed by atoms with Gasteiger partial charge in [-0.3, -0.25) is 19.8 Å². The Hall–Kier alpha value is -3.82. The molecule has 1 fully saturated rings. The van der Waals surface area contributed by atoms with E-state index in [0.717, 1.165) is 16.7 Å². The van der Waals surface area contributed by atoms with Gasteiger partial charge in [-0.1, -0.05) is 53.0 Å². The normalized spacial score (nSPS) is 15.1. The van der Waals surface area contributed by atoms with Crippen molar-refractivity contribution in [3.8, 4) is 5.75 Å². The van der Waals surface area contributed by atoms with Gasteiger partial charge in [-0.25, -0.2) is 4.99 Å². The van der Waals surface area contributed by atoms with Crippen LogP contribution in [0.25, 0.3) is 6.08 Å². The predicted molar refractivity (Wildman–Crippen MR) is 171 cm³/mol. The van der Waals surface area contributed by atoms with Gasteiger partial charge in [0, 0.05) is 22.2 Å². The average molecular weight is 639 g/mol. The lowest BCUT2D eigenvalue weighted by Gasteiger charge is -2.16. The Bertz CT molecular complexity index is 1770. The minimum absolute atomic E-state index is 0.00779. The maximum Gasteiger partial charge on any atom is 0.271 e. The van der Waals surface area contributed by atoms with Crippen molar-refractivity contribution in [2.75, 3.05) is 4.90 Å². The van der Waals surface area contributed by atoms with Crippen molar-refractivity contribution in [1.82, 2.24) is 0 Å². The molecule has 0 radical (unpaired) electrons. The third-order valence-corrected chi connectivity index (χ3v) is 8.47. The summed E-state index contributed by atoms with van der Waals surface area (Å²) in [4.78, 5) is 30.8. The number of rotatable bonds is 7. The van der Waals surface area contributed by atoms with Gasteiger partial charge in [0.2, 0.25) is 0 Å². The average Bonchev–Trinajstić information content (AvgIpc) is 3.25. The highest BCUT2D eigenvalue weighted by atomic mass is 35.5. The van der Waals surface area contributed by atoms with Crippen LogP contribution >= 0.6 is 46.6 Å². The molecule has 4 aromatic carbocycles. The fourth-order valence-corrected chi connectivity index (χ4v) is 5.60. The first-order valence-corrected chi connectivity index (χ1v) is 14.5. The molecule has 7 nitrogen and oxygen atoms in total. The summed E-state index contributed by atoms with van der Waals surface area (Å²) in [6, 6.07) is 22.2.